The Balaban J connectivity index is 1.70. The van der Waals surface area contributed by atoms with Crippen LogP contribution >= 0.6 is 23.5 Å². The number of hydrogen-bond acceptors (Lipinski definition) is 7. The normalized spacial score (nSPS) is 18.7. The molecule has 0 unspecified atom stereocenters. The highest BCUT2D eigenvalue weighted by Crippen LogP contribution is 2.27. The van der Waals surface area contributed by atoms with Crippen molar-refractivity contribution in [2.45, 2.75) is 71.1 Å². The number of methoxy groups -OCH3 is 1. The summed E-state index contributed by atoms with van der Waals surface area (Å²) in [6.45, 7) is 6.44. The second kappa shape index (κ2) is 14.5. The zero-order valence-electron chi connectivity index (χ0n) is 23.3. The van der Waals surface area contributed by atoms with Crippen molar-refractivity contribution in [1.82, 2.24) is 10.6 Å². The summed E-state index contributed by atoms with van der Waals surface area (Å²) in [5.74, 6) is 3.95. The maximum atomic E-state index is 13.7. The van der Waals surface area contributed by atoms with E-state index in [4.69, 9.17) is 9.47 Å². The number of hydrogen-bond donors (Lipinski definition) is 2. The SMILES string of the molecule is COc1ccc(CNC(=O)[C@H](CSCC2CCCCC2)NC(=O)[N+]2(C(=O)OC(C)(C)C)CCSCC2)cc1. The van der Waals surface area contributed by atoms with Gasteiger partial charge in [-0.3, -0.25) is 10.1 Å². The van der Waals surface area contributed by atoms with Crippen molar-refractivity contribution in [3.05, 3.63) is 29.8 Å². The lowest BCUT2D eigenvalue weighted by atomic mass is 9.91. The van der Waals surface area contributed by atoms with Crippen LogP contribution in [-0.4, -0.2) is 77.4 Å². The second-order valence-electron chi connectivity index (χ2n) is 11.1. The Morgan fingerprint density at radius 2 is 1.74 bits per heavy atom. The van der Waals surface area contributed by atoms with Gasteiger partial charge in [-0.1, -0.05) is 31.4 Å². The molecular formula is C28H44N3O5S2+. The van der Waals surface area contributed by atoms with Crippen LogP contribution in [-0.2, 0) is 16.1 Å². The first-order valence-corrected chi connectivity index (χ1v) is 15.9. The summed E-state index contributed by atoms with van der Waals surface area (Å²) in [4.78, 5) is 40.3. The van der Waals surface area contributed by atoms with E-state index < -0.39 is 28.3 Å². The van der Waals surface area contributed by atoms with E-state index in [0.717, 1.165) is 17.1 Å². The van der Waals surface area contributed by atoms with E-state index in [1.54, 1.807) is 51.4 Å². The molecule has 0 radical (unpaired) electrons. The molecule has 1 saturated heterocycles. The fourth-order valence-corrected chi connectivity index (χ4v) is 7.05. The number of thioether (sulfide) groups is 2. The van der Waals surface area contributed by atoms with Crippen LogP contribution in [0, 0.1) is 5.92 Å². The van der Waals surface area contributed by atoms with Gasteiger partial charge in [-0.15, -0.1) is 4.48 Å². The van der Waals surface area contributed by atoms with Gasteiger partial charge in [0.25, 0.3) is 0 Å². The van der Waals surface area contributed by atoms with Crippen LogP contribution in [0.25, 0.3) is 0 Å². The maximum Gasteiger partial charge on any atom is 0.525 e. The highest BCUT2D eigenvalue weighted by Gasteiger charge is 2.50. The van der Waals surface area contributed by atoms with Gasteiger partial charge in [0.2, 0.25) is 5.91 Å². The largest absolute Gasteiger partial charge is 0.525 e. The average molecular weight is 567 g/mol. The second-order valence-corrected chi connectivity index (χ2v) is 13.4. The molecule has 1 aromatic rings. The smallest absolute Gasteiger partial charge is 0.497 e. The minimum atomic E-state index is -0.749. The van der Waals surface area contributed by atoms with Crippen LogP contribution in [0.4, 0.5) is 9.59 Å². The molecule has 2 fully saturated rings. The summed E-state index contributed by atoms with van der Waals surface area (Å²) in [7, 11) is 1.61. The number of amides is 4. The number of benzene rings is 1. The number of nitrogens with zero attached hydrogens (tertiary/aromatic N) is 1. The van der Waals surface area contributed by atoms with Crippen LogP contribution in [0.2, 0.25) is 0 Å². The molecule has 3 rings (SSSR count). The number of carbonyl (C=O) groups is 3. The van der Waals surface area contributed by atoms with E-state index in [1.165, 1.54) is 32.1 Å². The summed E-state index contributed by atoms with van der Waals surface area (Å²) in [6, 6.07) is 6.30. The number of rotatable bonds is 9. The summed E-state index contributed by atoms with van der Waals surface area (Å²) < 4.78 is 10.5. The van der Waals surface area contributed by atoms with E-state index in [1.807, 2.05) is 24.3 Å². The molecule has 1 saturated carbocycles. The zero-order valence-corrected chi connectivity index (χ0v) is 24.9. The van der Waals surface area contributed by atoms with E-state index in [9.17, 15) is 14.4 Å². The van der Waals surface area contributed by atoms with Crippen molar-refractivity contribution in [3.8, 4) is 5.75 Å². The molecule has 38 heavy (non-hydrogen) atoms. The minimum Gasteiger partial charge on any atom is -0.497 e. The van der Waals surface area contributed by atoms with E-state index in [-0.39, 0.29) is 5.91 Å². The third-order valence-electron chi connectivity index (χ3n) is 6.97. The van der Waals surface area contributed by atoms with Gasteiger partial charge in [0.05, 0.1) is 7.11 Å². The van der Waals surface area contributed by atoms with Crippen LogP contribution in [0.1, 0.15) is 58.4 Å². The van der Waals surface area contributed by atoms with Gasteiger partial charge in [0.15, 0.2) is 0 Å². The van der Waals surface area contributed by atoms with E-state index >= 15 is 0 Å². The van der Waals surface area contributed by atoms with Gasteiger partial charge in [0.1, 0.15) is 30.5 Å². The summed E-state index contributed by atoms with van der Waals surface area (Å²) in [6.07, 6.45) is 5.73. The molecule has 8 nitrogen and oxygen atoms in total. The van der Waals surface area contributed by atoms with Gasteiger partial charge in [-0.05, 0) is 63.0 Å². The van der Waals surface area contributed by atoms with Crippen molar-refractivity contribution in [2.75, 3.05) is 43.2 Å². The quantitative estimate of drug-likeness (QED) is 0.397. The molecule has 0 bridgehead atoms. The standard InChI is InChI=1S/C28H43N3O5S2/c1-28(2,3)36-27(34)31(14-16-37-17-15-31)26(33)30-24(20-38-19-22-8-6-5-7-9-22)25(32)29-18-21-10-12-23(35-4)13-11-21/h10-13,22,24H,5-9,14-20H2,1-4H3,(H-,29,30,32,33)/p+1/t24-/m0/s1. The Labute approximate surface area is 235 Å². The molecule has 2 N–H and O–H groups in total. The van der Waals surface area contributed by atoms with Gasteiger partial charge in [0, 0.05) is 23.8 Å². The van der Waals surface area contributed by atoms with Gasteiger partial charge < -0.3 is 14.8 Å². The van der Waals surface area contributed by atoms with Crippen molar-refractivity contribution in [2.24, 2.45) is 5.92 Å². The van der Waals surface area contributed by atoms with E-state index in [0.29, 0.717) is 42.8 Å². The number of urea groups is 1. The Hall–Kier alpha value is -1.91. The molecule has 4 amide bonds. The van der Waals surface area contributed by atoms with Crippen molar-refractivity contribution < 1.29 is 28.3 Å². The molecule has 0 spiro atoms. The zero-order chi connectivity index (χ0) is 27.6. The fraction of sp³-hybridized carbons (Fsp3) is 0.679. The molecule has 1 aliphatic heterocycles. The third kappa shape index (κ3) is 9.09. The predicted octanol–water partition coefficient (Wildman–Crippen LogP) is 5.20. The Bertz CT molecular complexity index is 923. The highest BCUT2D eigenvalue weighted by molar-refractivity contribution is 7.99. The van der Waals surface area contributed by atoms with Crippen molar-refractivity contribution in [3.63, 3.8) is 0 Å². The number of carbonyl (C=O) groups excluding carboxylic acids is 3. The molecule has 212 valence electrons. The van der Waals surface area contributed by atoms with Gasteiger partial charge in [-0.25, -0.2) is 4.79 Å². The number of nitrogens with one attached hydrogen (secondary N) is 2. The lowest BCUT2D eigenvalue weighted by molar-refractivity contribution is -0.774. The lowest BCUT2D eigenvalue weighted by Gasteiger charge is -2.36. The average Bonchev–Trinajstić information content (AvgIpc) is 2.91. The fourth-order valence-electron chi connectivity index (χ4n) is 4.69. The monoisotopic (exact) mass is 566 g/mol. The van der Waals surface area contributed by atoms with Crippen molar-refractivity contribution in [1.29, 1.82) is 0 Å². The van der Waals surface area contributed by atoms with Gasteiger partial charge in [-0.2, -0.15) is 28.3 Å². The molecular weight excluding hydrogens is 522 g/mol. The molecule has 1 atom stereocenters. The van der Waals surface area contributed by atoms with Crippen molar-refractivity contribution >= 4 is 41.6 Å². The first-order chi connectivity index (χ1) is 18.1. The number of quaternary nitrogens is 1. The molecule has 1 aromatic carbocycles. The van der Waals surface area contributed by atoms with E-state index in [2.05, 4.69) is 10.6 Å². The molecule has 0 aromatic heterocycles. The molecule has 1 aliphatic carbocycles. The first-order valence-electron chi connectivity index (χ1n) is 13.6. The highest BCUT2D eigenvalue weighted by atomic mass is 32.2. The van der Waals surface area contributed by atoms with Gasteiger partial charge >= 0.3 is 12.1 Å². The Morgan fingerprint density at radius 3 is 2.34 bits per heavy atom. The van der Waals surface area contributed by atoms with Crippen LogP contribution in [0.15, 0.2) is 24.3 Å². The molecule has 10 heteroatoms. The van der Waals surface area contributed by atoms with Crippen LogP contribution in [0.5, 0.6) is 5.75 Å². The third-order valence-corrected chi connectivity index (χ3v) is 9.19. The predicted molar refractivity (Wildman–Crippen MR) is 155 cm³/mol. The summed E-state index contributed by atoms with van der Waals surface area (Å²) in [5, 5.41) is 5.93. The minimum absolute atomic E-state index is 0.251. The first kappa shape index (κ1) is 30.6. The number of ether oxygens (including phenoxy) is 2. The Morgan fingerprint density at radius 1 is 1.08 bits per heavy atom. The lowest BCUT2D eigenvalue weighted by Crippen LogP contribution is -2.67. The topological polar surface area (TPSA) is 93.7 Å². The summed E-state index contributed by atoms with van der Waals surface area (Å²) >= 11 is 3.43. The molecule has 2 aliphatic rings. The number of imide groups is 1. The maximum absolute atomic E-state index is 13.7. The van der Waals surface area contributed by atoms with Crippen LogP contribution in [0.3, 0.4) is 0 Å². The Kier molecular flexibility index (Phi) is 11.7. The summed E-state index contributed by atoms with van der Waals surface area (Å²) in [5.41, 5.74) is 0.225. The van der Waals surface area contributed by atoms with Crippen LogP contribution < -0.4 is 15.4 Å². The molecule has 1 heterocycles.